The Bertz CT molecular complexity index is 589. The van der Waals surface area contributed by atoms with Crippen LogP contribution in [0.2, 0.25) is 0 Å². The van der Waals surface area contributed by atoms with E-state index in [4.69, 9.17) is 5.73 Å². The zero-order valence-corrected chi connectivity index (χ0v) is 15.0. The lowest BCUT2D eigenvalue weighted by atomic mass is 10.0. The van der Waals surface area contributed by atoms with E-state index in [2.05, 4.69) is 24.4 Å². The molecular weight excluding hydrogens is 320 g/mol. The van der Waals surface area contributed by atoms with Crippen LogP contribution in [0.25, 0.3) is 0 Å². The zero-order valence-electron chi connectivity index (χ0n) is 14.2. The molecule has 2 rings (SSSR count). The van der Waals surface area contributed by atoms with Crippen LogP contribution in [0.15, 0.2) is 60.7 Å². The molecule has 130 valence electrons. The minimum atomic E-state index is -0.254. The summed E-state index contributed by atoms with van der Waals surface area (Å²) >= 11 is 0. The first-order valence-electron chi connectivity index (χ1n) is 8.33. The van der Waals surface area contributed by atoms with Gasteiger partial charge in [0.05, 0.1) is 0 Å². The molecule has 0 saturated carbocycles. The van der Waals surface area contributed by atoms with Crippen LogP contribution in [-0.4, -0.2) is 11.9 Å². The minimum Gasteiger partial charge on any atom is -0.353 e. The maximum absolute atomic E-state index is 12.3. The third-order valence-electron chi connectivity index (χ3n) is 3.96. The van der Waals surface area contributed by atoms with Crippen molar-refractivity contribution in [2.75, 3.05) is 0 Å². The number of carbonyl (C=O) groups excluding carboxylic acids is 1. The summed E-state index contributed by atoms with van der Waals surface area (Å²) in [4.78, 5) is 12.3. The predicted octanol–water partition coefficient (Wildman–Crippen LogP) is 4.03. The van der Waals surface area contributed by atoms with Gasteiger partial charge in [-0.3, -0.25) is 4.79 Å². The fourth-order valence-corrected chi connectivity index (χ4v) is 2.78. The van der Waals surface area contributed by atoms with Crippen molar-refractivity contribution >= 4 is 18.3 Å². The smallest absolute Gasteiger partial charge is 0.222 e. The molecule has 2 unspecified atom stereocenters. The fourth-order valence-electron chi connectivity index (χ4n) is 2.78. The maximum atomic E-state index is 12.3. The number of nitrogens with two attached hydrogens (primary N) is 1. The van der Waals surface area contributed by atoms with Gasteiger partial charge in [0.15, 0.2) is 0 Å². The lowest BCUT2D eigenvalue weighted by Gasteiger charge is -2.20. The maximum Gasteiger partial charge on any atom is 0.222 e. The zero-order chi connectivity index (χ0) is 16.5. The third kappa shape index (κ3) is 6.73. The minimum absolute atomic E-state index is 0. The van der Waals surface area contributed by atoms with E-state index in [1.165, 1.54) is 5.56 Å². The third-order valence-corrected chi connectivity index (χ3v) is 3.96. The molecule has 0 aromatic heterocycles. The molecular formula is C20H27ClN2O. The number of rotatable bonds is 8. The quantitative estimate of drug-likeness (QED) is 0.758. The Balaban J connectivity index is 0.00000288. The van der Waals surface area contributed by atoms with Gasteiger partial charge in [-0.15, -0.1) is 12.4 Å². The highest BCUT2D eigenvalue weighted by molar-refractivity contribution is 5.85. The molecule has 4 heteroatoms. The van der Waals surface area contributed by atoms with Gasteiger partial charge in [-0.2, -0.15) is 0 Å². The first-order valence-corrected chi connectivity index (χ1v) is 8.33. The fraction of sp³-hybridized carbons (Fsp3) is 0.350. The van der Waals surface area contributed by atoms with Crippen LogP contribution in [-0.2, 0) is 11.2 Å². The van der Waals surface area contributed by atoms with Gasteiger partial charge in [-0.1, -0.05) is 74.0 Å². The van der Waals surface area contributed by atoms with Gasteiger partial charge in [0.1, 0.15) is 0 Å². The van der Waals surface area contributed by atoms with Gasteiger partial charge in [0.25, 0.3) is 0 Å². The summed E-state index contributed by atoms with van der Waals surface area (Å²) in [6.07, 6.45) is 3.20. The number of carbonyl (C=O) groups is 1. The van der Waals surface area contributed by atoms with Crippen molar-refractivity contribution in [2.45, 2.75) is 44.7 Å². The van der Waals surface area contributed by atoms with Crippen molar-refractivity contribution in [3.8, 4) is 0 Å². The molecule has 0 fully saturated rings. The van der Waals surface area contributed by atoms with Crippen molar-refractivity contribution in [3.05, 3.63) is 71.8 Å². The van der Waals surface area contributed by atoms with E-state index in [1.807, 2.05) is 48.5 Å². The Labute approximate surface area is 151 Å². The van der Waals surface area contributed by atoms with E-state index in [0.29, 0.717) is 6.42 Å². The van der Waals surface area contributed by atoms with Crippen LogP contribution in [0.1, 0.15) is 43.4 Å². The van der Waals surface area contributed by atoms with Gasteiger partial charge < -0.3 is 11.1 Å². The number of benzene rings is 2. The summed E-state index contributed by atoms with van der Waals surface area (Å²) in [6.45, 7) is 2.14. The van der Waals surface area contributed by atoms with E-state index >= 15 is 0 Å². The van der Waals surface area contributed by atoms with Gasteiger partial charge in [0.2, 0.25) is 5.91 Å². The number of halogens is 1. The molecule has 0 bridgehead atoms. The average molecular weight is 347 g/mol. The molecule has 0 spiro atoms. The molecule has 3 N–H and O–H groups in total. The van der Waals surface area contributed by atoms with Gasteiger partial charge in [-0.05, 0) is 24.0 Å². The van der Waals surface area contributed by atoms with E-state index in [1.54, 1.807) is 0 Å². The van der Waals surface area contributed by atoms with Gasteiger partial charge in [0, 0.05) is 18.5 Å². The monoisotopic (exact) mass is 346 g/mol. The van der Waals surface area contributed by atoms with Crippen molar-refractivity contribution in [1.82, 2.24) is 5.32 Å². The van der Waals surface area contributed by atoms with Crippen molar-refractivity contribution in [2.24, 2.45) is 5.73 Å². The Morgan fingerprint density at radius 1 is 1.04 bits per heavy atom. The molecule has 0 heterocycles. The highest BCUT2D eigenvalue weighted by Crippen LogP contribution is 2.14. The first kappa shape index (κ1) is 20.2. The molecule has 0 aliphatic heterocycles. The number of hydrogen-bond acceptors (Lipinski definition) is 2. The van der Waals surface area contributed by atoms with Crippen molar-refractivity contribution < 1.29 is 4.79 Å². The highest BCUT2D eigenvalue weighted by Gasteiger charge is 2.16. The Morgan fingerprint density at radius 3 is 2.21 bits per heavy atom. The van der Waals surface area contributed by atoms with Crippen molar-refractivity contribution in [1.29, 1.82) is 0 Å². The second-order valence-electron chi connectivity index (χ2n) is 5.96. The Kier molecular flexibility index (Phi) is 9.13. The van der Waals surface area contributed by atoms with Gasteiger partial charge in [-0.25, -0.2) is 0 Å². The Morgan fingerprint density at radius 2 is 1.62 bits per heavy atom. The van der Waals surface area contributed by atoms with Crippen LogP contribution in [0.4, 0.5) is 0 Å². The van der Waals surface area contributed by atoms with Crippen LogP contribution in [0, 0.1) is 0 Å². The molecule has 3 nitrogen and oxygen atoms in total. The van der Waals surface area contributed by atoms with Crippen LogP contribution >= 0.6 is 12.4 Å². The second kappa shape index (κ2) is 10.8. The molecule has 2 atom stereocenters. The summed E-state index contributed by atoms with van der Waals surface area (Å²) < 4.78 is 0. The Hall–Kier alpha value is -1.84. The lowest BCUT2D eigenvalue weighted by Crippen LogP contribution is -2.37. The highest BCUT2D eigenvalue weighted by atomic mass is 35.5. The van der Waals surface area contributed by atoms with E-state index in [-0.39, 0.29) is 30.4 Å². The molecule has 2 aromatic rings. The molecule has 24 heavy (non-hydrogen) atoms. The number of hydrogen-bond donors (Lipinski definition) is 2. The SMILES string of the molecule is CCCC(Cc1ccccc1)NC(=O)CC(N)c1ccccc1.Cl. The summed E-state index contributed by atoms with van der Waals surface area (Å²) in [6, 6.07) is 20.0. The summed E-state index contributed by atoms with van der Waals surface area (Å²) in [5, 5.41) is 3.15. The van der Waals surface area contributed by atoms with Gasteiger partial charge >= 0.3 is 0 Å². The van der Waals surface area contributed by atoms with E-state index < -0.39 is 0 Å². The largest absolute Gasteiger partial charge is 0.353 e. The van der Waals surface area contributed by atoms with E-state index in [9.17, 15) is 4.79 Å². The molecule has 1 amide bonds. The average Bonchev–Trinajstić information content (AvgIpc) is 2.56. The lowest BCUT2D eigenvalue weighted by molar-refractivity contribution is -0.122. The number of nitrogens with one attached hydrogen (secondary N) is 1. The molecule has 0 saturated heterocycles. The molecule has 0 aliphatic rings. The predicted molar refractivity (Wildman–Crippen MR) is 102 cm³/mol. The molecule has 0 radical (unpaired) electrons. The van der Waals surface area contributed by atoms with E-state index in [0.717, 1.165) is 24.8 Å². The standard InChI is InChI=1S/C20H26N2O.ClH/c1-2-9-18(14-16-10-5-3-6-11-16)22-20(23)15-19(21)17-12-7-4-8-13-17;/h3-8,10-13,18-19H,2,9,14-15,21H2,1H3,(H,22,23);1H. The van der Waals surface area contributed by atoms with Crippen LogP contribution < -0.4 is 11.1 Å². The summed E-state index contributed by atoms with van der Waals surface area (Å²) in [5.41, 5.74) is 8.38. The topological polar surface area (TPSA) is 55.1 Å². The normalized spacial score (nSPS) is 12.8. The molecule has 2 aromatic carbocycles. The van der Waals surface area contributed by atoms with Crippen LogP contribution in [0.5, 0.6) is 0 Å². The first-order chi connectivity index (χ1) is 11.2. The number of amides is 1. The second-order valence-corrected chi connectivity index (χ2v) is 5.96. The molecule has 0 aliphatic carbocycles. The summed E-state index contributed by atoms with van der Waals surface area (Å²) in [5.74, 6) is 0.0238. The summed E-state index contributed by atoms with van der Waals surface area (Å²) in [7, 11) is 0. The van der Waals surface area contributed by atoms with Crippen LogP contribution in [0.3, 0.4) is 0 Å². The van der Waals surface area contributed by atoms with Crippen molar-refractivity contribution in [3.63, 3.8) is 0 Å².